The van der Waals surface area contributed by atoms with E-state index in [1.807, 2.05) is 6.92 Å². The van der Waals surface area contributed by atoms with Gasteiger partial charge < -0.3 is 5.73 Å². The summed E-state index contributed by atoms with van der Waals surface area (Å²) in [6, 6.07) is 8.20. The summed E-state index contributed by atoms with van der Waals surface area (Å²) >= 11 is 0. The number of halogens is 2. The Hall–Kier alpha value is -2.76. The minimum Gasteiger partial charge on any atom is -0.399 e. The number of nitrogens with two attached hydrogens (primary N) is 1. The minimum absolute atomic E-state index is 0.206. The molecular weight excluding hydrogens is 290 g/mol. The van der Waals surface area contributed by atoms with Gasteiger partial charge in [-0.1, -0.05) is 25.6 Å². The average molecular weight is 306 g/mol. The van der Waals surface area contributed by atoms with Crippen LogP contribution in [0.25, 0.3) is 6.08 Å². The summed E-state index contributed by atoms with van der Waals surface area (Å²) < 4.78 is 25.6. The number of anilines is 1. The molecule has 2 aromatic rings. The van der Waals surface area contributed by atoms with Crippen LogP contribution in [0.2, 0.25) is 0 Å². The number of nitrogen functional groups attached to an aromatic ring is 1. The van der Waals surface area contributed by atoms with Crippen molar-refractivity contribution in [1.82, 2.24) is 0 Å². The molecule has 2 rings (SSSR count). The molecule has 0 amide bonds. The molecule has 0 aliphatic heterocycles. The summed E-state index contributed by atoms with van der Waals surface area (Å²) in [5.74, 6) is -0.832. The number of benzene rings is 2. The summed E-state index contributed by atoms with van der Waals surface area (Å²) in [6.07, 6.45) is 2.02. The maximum Gasteiger partial charge on any atom is 0.272 e. The van der Waals surface area contributed by atoms with Crippen LogP contribution in [-0.4, -0.2) is 4.92 Å². The van der Waals surface area contributed by atoms with Gasteiger partial charge in [-0.3, -0.25) is 10.1 Å². The second kappa shape index (κ2) is 7.87. The lowest BCUT2D eigenvalue weighted by Crippen LogP contribution is -1.90. The summed E-state index contributed by atoms with van der Waals surface area (Å²) in [6.45, 7) is 5.27. The molecule has 0 unspecified atom stereocenters. The van der Waals surface area contributed by atoms with Gasteiger partial charge >= 0.3 is 0 Å². The Labute approximate surface area is 127 Å². The molecule has 0 bridgehead atoms. The van der Waals surface area contributed by atoms with E-state index in [1.54, 1.807) is 12.1 Å². The van der Waals surface area contributed by atoms with Crippen LogP contribution in [0.1, 0.15) is 18.1 Å². The Morgan fingerprint density at radius 3 is 2.36 bits per heavy atom. The van der Waals surface area contributed by atoms with Crippen LogP contribution in [0.5, 0.6) is 0 Å². The van der Waals surface area contributed by atoms with Gasteiger partial charge in [0.15, 0.2) is 0 Å². The van der Waals surface area contributed by atoms with Crippen molar-refractivity contribution >= 4 is 17.5 Å². The quantitative estimate of drug-likeness (QED) is 0.521. The zero-order chi connectivity index (χ0) is 16.7. The van der Waals surface area contributed by atoms with E-state index in [1.165, 1.54) is 24.3 Å². The molecule has 0 spiro atoms. The Kier molecular flexibility index (Phi) is 6.19. The molecule has 2 aromatic carbocycles. The number of non-ortho nitro benzene ring substituents is 1. The molecule has 0 aliphatic carbocycles. The third-order valence-corrected chi connectivity index (χ3v) is 2.87. The van der Waals surface area contributed by atoms with Crippen molar-refractivity contribution in [3.63, 3.8) is 0 Å². The summed E-state index contributed by atoms with van der Waals surface area (Å²) in [5.41, 5.74) is 6.55. The summed E-state index contributed by atoms with van der Waals surface area (Å²) in [4.78, 5) is 9.52. The fraction of sp³-hybridized carbons (Fsp3) is 0.125. The topological polar surface area (TPSA) is 69.2 Å². The Morgan fingerprint density at radius 2 is 1.91 bits per heavy atom. The Morgan fingerprint density at radius 1 is 1.23 bits per heavy atom. The number of nitro benzene ring substituents is 1. The molecule has 0 aliphatic rings. The van der Waals surface area contributed by atoms with Crippen LogP contribution in [0, 0.1) is 21.7 Å². The van der Waals surface area contributed by atoms with Crippen molar-refractivity contribution in [2.75, 3.05) is 5.73 Å². The second-order valence-corrected chi connectivity index (χ2v) is 4.37. The maximum atomic E-state index is 12.8. The first kappa shape index (κ1) is 17.3. The SMILES string of the molecule is C=Cc1ccc([N+](=O)[O-])cc1F.CCc1ccc(N)cc1F. The average Bonchev–Trinajstić information content (AvgIpc) is 2.48. The highest BCUT2D eigenvalue weighted by atomic mass is 19.1. The second-order valence-electron chi connectivity index (χ2n) is 4.37. The van der Waals surface area contributed by atoms with E-state index in [2.05, 4.69) is 6.58 Å². The van der Waals surface area contributed by atoms with Crippen molar-refractivity contribution < 1.29 is 13.7 Å². The van der Waals surface area contributed by atoms with Crippen LogP contribution in [-0.2, 0) is 6.42 Å². The molecule has 0 radical (unpaired) electrons. The molecule has 6 heteroatoms. The monoisotopic (exact) mass is 306 g/mol. The number of nitrogens with zero attached hydrogens (tertiary/aromatic N) is 1. The van der Waals surface area contributed by atoms with Gasteiger partial charge in [-0.05, 0) is 30.2 Å². The highest BCUT2D eigenvalue weighted by molar-refractivity contribution is 5.50. The Bertz CT molecular complexity index is 688. The van der Waals surface area contributed by atoms with Gasteiger partial charge in [0.1, 0.15) is 11.6 Å². The lowest BCUT2D eigenvalue weighted by atomic mass is 10.1. The molecule has 0 aromatic heterocycles. The Balaban J connectivity index is 0.000000224. The zero-order valence-corrected chi connectivity index (χ0v) is 12.1. The molecule has 0 fully saturated rings. The molecule has 116 valence electrons. The summed E-state index contributed by atoms with van der Waals surface area (Å²) in [5, 5.41) is 10.2. The van der Waals surface area contributed by atoms with Gasteiger partial charge in [-0.25, -0.2) is 8.78 Å². The highest BCUT2D eigenvalue weighted by Crippen LogP contribution is 2.16. The normalized spacial score (nSPS) is 9.59. The van der Waals surface area contributed by atoms with Gasteiger partial charge in [-0.15, -0.1) is 0 Å². The van der Waals surface area contributed by atoms with E-state index in [9.17, 15) is 18.9 Å². The van der Waals surface area contributed by atoms with Crippen LogP contribution in [0.15, 0.2) is 43.0 Å². The minimum atomic E-state index is -0.643. The molecular formula is C16H16F2N2O2. The number of nitro groups is 1. The first-order valence-corrected chi connectivity index (χ1v) is 6.49. The predicted octanol–water partition coefficient (Wildman–Crippen LogP) is 4.35. The van der Waals surface area contributed by atoms with Crippen LogP contribution >= 0.6 is 0 Å². The number of aryl methyl sites for hydroxylation is 1. The molecule has 0 saturated heterocycles. The van der Waals surface area contributed by atoms with Crippen molar-refractivity contribution in [1.29, 1.82) is 0 Å². The van der Waals surface area contributed by atoms with Gasteiger partial charge in [0.25, 0.3) is 5.69 Å². The molecule has 22 heavy (non-hydrogen) atoms. The fourth-order valence-corrected chi connectivity index (χ4v) is 1.65. The van der Waals surface area contributed by atoms with E-state index in [4.69, 9.17) is 5.73 Å². The lowest BCUT2D eigenvalue weighted by molar-refractivity contribution is -0.385. The molecule has 4 nitrogen and oxygen atoms in total. The van der Waals surface area contributed by atoms with Crippen molar-refractivity contribution in [3.8, 4) is 0 Å². The lowest BCUT2D eigenvalue weighted by Gasteiger charge is -1.98. The smallest absolute Gasteiger partial charge is 0.272 e. The van der Waals surface area contributed by atoms with Crippen LogP contribution in [0.4, 0.5) is 20.2 Å². The first-order valence-electron chi connectivity index (χ1n) is 6.49. The van der Waals surface area contributed by atoms with E-state index >= 15 is 0 Å². The molecule has 0 heterocycles. The molecule has 0 atom stereocenters. The van der Waals surface area contributed by atoms with Gasteiger partial charge in [-0.2, -0.15) is 0 Å². The van der Waals surface area contributed by atoms with E-state index in [-0.39, 0.29) is 17.1 Å². The fourth-order valence-electron chi connectivity index (χ4n) is 1.65. The number of rotatable bonds is 3. The number of hydrogen-bond acceptors (Lipinski definition) is 3. The summed E-state index contributed by atoms with van der Waals surface area (Å²) in [7, 11) is 0. The standard InChI is InChI=1S/C8H6FNO2.C8H10FN/c1-2-6-3-4-7(10(11)12)5-8(6)9;1-2-6-3-4-7(10)5-8(6)9/h2-5H,1H2;3-5H,2,10H2,1H3. The third-order valence-electron chi connectivity index (χ3n) is 2.87. The zero-order valence-electron chi connectivity index (χ0n) is 12.1. The van der Waals surface area contributed by atoms with E-state index in [0.717, 1.165) is 6.07 Å². The van der Waals surface area contributed by atoms with Gasteiger partial charge in [0.05, 0.1) is 11.0 Å². The van der Waals surface area contributed by atoms with E-state index < -0.39 is 10.7 Å². The van der Waals surface area contributed by atoms with Crippen molar-refractivity contribution in [2.24, 2.45) is 0 Å². The van der Waals surface area contributed by atoms with Gasteiger partial charge in [0, 0.05) is 17.3 Å². The van der Waals surface area contributed by atoms with Crippen molar-refractivity contribution in [3.05, 3.63) is 75.9 Å². The molecule has 0 saturated carbocycles. The van der Waals surface area contributed by atoms with E-state index in [0.29, 0.717) is 17.7 Å². The highest BCUT2D eigenvalue weighted by Gasteiger charge is 2.07. The van der Waals surface area contributed by atoms with Crippen LogP contribution < -0.4 is 5.73 Å². The van der Waals surface area contributed by atoms with Crippen LogP contribution in [0.3, 0.4) is 0 Å². The largest absolute Gasteiger partial charge is 0.399 e. The first-order chi connectivity index (χ1) is 10.4. The maximum absolute atomic E-state index is 12.8. The van der Waals surface area contributed by atoms with Crippen molar-refractivity contribution in [2.45, 2.75) is 13.3 Å². The van der Waals surface area contributed by atoms with Gasteiger partial charge in [0.2, 0.25) is 0 Å². The number of hydrogen-bond donors (Lipinski definition) is 1. The predicted molar refractivity (Wildman–Crippen MR) is 83.3 cm³/mol. The third kappa shape index (κ3) is 4.66. The molecule has 2 N–H and O–H groups in total.